The van der Waals surface area contributed by atoms with Crippen LogP contribution in [-0.2, 0) is 6.42 Å². The number of imidazole rings is 1. The van der Waals surface area contributed by atoms with Crippen molar-refractivity contribution >= 4 is 5.65 Å². The molecule has 2 aromatic heterocycles. The molecule has 1 unspecified atom stereocenters. The summed E-state index contributed by atoms with van der Waals surface area (Å²) in [6, 6.07) is 4.36. The molecule has 3 nitrogen and oxygen atoms in total. The maximum Gasteiger partial charge on any atom is 0.136 e. The number of hydrogen-bond donors (Lipinski definition) is 1. The normalized spacial score (nSPS) is 13.4. The number of pyridine rings is 1. The molecule has 0 radical (unpaired) electrons. The average molecular weight is 175 g/mol. The van der Waals surface area contributed by atoms with Crippen LogP contribution < -0.4 is 5.73 Å². The number of hydrogen-bond acceptors (Lipinski definition) is 2. The van der Waals surface area contributed by atoms with Crippen molar-refractivity contribution in [2.45, 2.75) is 19.4 Å². The largest absolute Gasteiger partial charge is 0.328 e. The van der Waals surface area contributed by atoms with Crippen LogP contribution in [0.3, 0.4) is 0 Å². The second kappa shape index (κ2) is 3.18. The first-order valence-corrected chi connectivity index (χ1v) is 4.43. The quantitative estimate of drug-likeness (QED) is 0.745. The van der Waals surface area contributed by atoms with Crippen molar-refractivity contribution in [3.8, 4) is 0 Å². The molecule has 2 heterocycles. The lowest BCUT2D eigenvalue weighted by molar-refractivity contribution is 0.737. The van der Waals surface area contributed by atoms with Crippen LogP contribution in [0.4, 0.5) is 0 Å². The minimum atomic E-state index is 0.206. The summed E-state index contributed by atoms with van der Waals surface area (Å²) in [6.07, 6.45) is 6.65. The zero-order valence-electron chi connectivity index (χ0n) is 7.64. The Labute approximate surface area is 77.2 Å². The summed E-state index contributed by atoms with van der Waals surface area (Å²) in [4.78, 5) is 4.21. The number of aromatic nitrogens is 2. The Hall–Kier alpha value is -1.35. The lowest BCUT2D eigenvalue weighted by Crippen LogP contribution is -2.17. The van der Waals surface area contributed by atoms with E-state index in [-0.39, 0.29) is 6.04 Å². The van der Waals surface area contributed by atoms with Gasteiger partial charge in [0.05, 0.1) is 0 Å². The van der Waals surface area contributed by atoms with Crippen LogP contribution in [0, 0.1) is 0 Å². The molecule has 0 fully saturated rings. The number of rotatable bonds is 2. The summed E-state index contributed by atoms with van der Waals surface area (Å²) in [5.41, 5.74) is 7.95. The molecule has 0 saturated carbocycles. The van der Waals surface area contributed by atoms with Crippen LogP contribution >= 0.6 is 0 Å². The first kappa shape index (κ1) is 8.26. The third-order valence-electron chi connectivity index (χ3n) is 2.02. The molecule has 0 aliphatic carbocycles. The smallest absolute Gasteiger partial charge is 0.136 e. The third-order valence-corrected chi connectivity index (χ3v) is 2.02. The van der Waals surface area contributed by atoms with Crippen molar-refractivity contribution in [2.75, 3.05) is 0 Å². The van der Waals surface area contributed by atoms with Crippen LogP contribution in [0.15, 0.2) is 30.7 Å². The molecule has 13 heavy (non-hydrogen) atoms. The van der Waals surface area contributed by atoms with E-state index in [9.17, 15) is 0 Å². The van der Waals surface area contributed by atoms with E-state index in [0.29, 0.717) is 0 Å². The van der Waals surface area contributed by atoms with Crippen molar-refractivity contribution in [3.05, 3.63) is 36.3 Å². The highest BCUT2D eigenvalue weighted by molar-refractivity contribution is 5.41. The molecule has 2 aromatic rings. The van der Waals surface area contributed by atoms with Crippen LogP contribution in [0.25, 0.3) is 5.65 Å². The Kier molecular flexibility index (Phi) is 2.02. The topological polar surface area (TPSA) is 43.3 Å². The summed E-state index contributed by atoms with van der Waals surface area (Å²) >= 11 is 0. The van der Waals surface area contributed by atoms with Crippen LogP contribution in [-0.4, -0.2) is 15.4 Å². The monoisotopic (exact) mass is 175 g/mol. The van der Waals surface area contributed by atoms with Crippen LogP contribution in [0.5, 0.6) is 0 Å². The van der Waals surface area contributed by atoms with Gasteiger partial charge in [-0.05, 0) is 31.0 Å². The molecular weight excluding hydrogens is 162 g/mol. The molecule has 1 atom stereocenters. The zero-order chi connectivity index (χ0) is 9.26. The van der Waals surface area contributed by atoms with Gasteiger partial charge in [0.2, 0.25) is 0 Å². The van der Waals surface area contributed by atoms with Gasteiger partial charge in [0, 0.05) is 24.6 Å². The van der Waals surface area contributed by atoms with Gasteiger partial charge in [0.25, 0.3) is 0 Å². The minimum absolute atomic E-state index is 0.206. The summed E-state index contributed by atoms with van der Waals surface area (Å²) in [7, 11) is 0. The lowest BCUT2D eigenvalue weighted by atomic mass is 10.1. The molecular formula is C10H13N3. The van der Waals surface area contributed by atoms with Gasteiger partial charge in [-0.2, -0.15) is 0 Å². The SMILES string of the molecule is CC(N)Cc1ccn2ccnc2c1. The zero-order valence-corrected chi connectivity index (χ0v) is 7.64. The summed E-state index contributed by atoms with van der Waals surface area (Å²) in [6.45, 7) is 2.01. The molecule has 0 spiro atoms. The van der Waals surface area contributed by atoms with E-state index >= 15 is 0 Å². The van der Waals surface area contributed by atoms with Crippen molar-refractivity contribution in [3.63, 3.8) is 0 Å². The third kappa shape index (κ3) is 1.70. The highest BCUT2D eigenvalue weighted by Gasteiger charge is 1.99. The highest BCUT2D eigenvalue weighted by Crippen LogP contribution is 2.06. The van der Waals surface area contributed by atoms with Gasteiger partial charge in [-0.25, -0.2) is 4.98 Å². The Morgan fingerprint density at radius 2 is 2.38 bits per heavy atom. The predicted octanol–water partition coefficient (Wildman–Crippen LogP) is 1.22. The van der Waals surface area contributed by atoms with Crippen molar-refractivity contribution < 1.29 is 0 Å². The maximum absolute atomic E-state index is 5.72. The molecule has 2 rings (SSSR count). The molecule has 2 N–H and O–H groups in total. The molecule has 0 aromatic carbocycles. The van der Waals surface area contributed by atoms with Crippen LogP contribution in [0.2, 0.25) is 0 Å². The Bertz CT molecular complexity index is 403. The number of nitrogens with zero attached hydrogens (tertiary/aromatic N) is 2. The molecule has 68 valence electrons. The Morgan fingerprint density at radius 1 is 1.54 bits per heavy atom. The van der Waals surface area contributed by atoms with Crippen molar-refractivity contribution in [2.24, 2.45) is 5.73 Å². The molecule has 0 bridgehead atoms. The van der Waals surface area contributed by atoms with Gasteiger partial charge in [0.15, 0.2) is 0 Å². The van der Waals surface area contributed by atoms with Gasteiger partial charge in [0.1, 0.15) is 5.65 Å². The Balaban J connectivity index is 2.37. The fraction of sp³-hybridized carbons (Fsp3) is 0.300. The van der Waals surface area contributed by atoms with Gasteiger partial charge >= 0.3 is 0 Å². The summed E-state index contributed by atoms with van der Waals surface area (Å²) < 4.78 is 1.99. The first-order valence-electron chi connectivity index (χ1n) is 4.43. The Morgan fingerprint density at radius 3 is 3.15 bits per heavy atom. The summed E-state index contributed by atoms with van der Waals surface area (Å²) in [5.74, 6) is 0. The van der Waals surface area contributed by atoms with Crippen molar-refractivity contribution in [1.82, 2.24) is 9.38 Å². The fourth-order valence-corrected chi connectivity index (χ4v) is 1.45. The standard InChI is InChI=1S/C10H13N3/c1-8(11)6-9-2-4-13-5-3-12-10(13)7-9/h2-5,7-8H,6,11H2,1H3. The van der Waals surface area contributed by atoms with Gasteiger partial charge in [-0.1, -0.05) is 0 Å². The van der Waals surface area contributed by atoms with Crippen LogP contribution in [0.1, 0.15) is 12.5 Å². The second-order valence-corrected chi connectivity index (χ2v) is 3.41. The van der Waals surface area contributed by atoms with Crippen molar-refractivity contribution in [1.29, 1.82) is 0 Å². The van der Waals surface area contributed by atoms with E-state index in [1.54, 1.807) is 6.20 Å². The number of fused-ring (bicyclic) bond motifs is 1. The van der Waals surface area contributed by atoms with E-state index in [0.717, 1.165) is 12.1 Å². The summed E-state index contributed by atoms with van der Waals surface area (Å²) in [5, 5.41) is 0. The number of nitrogens with two attached hydrogens (primary N) is 1. The van der Waals surface area contributed by atoms with Gasteiger partial charge in [-0.3, -0.25) is 0 Å². The van der Waals surface area contributed by atoms with E-state index in [1.807, 2.05) is 23.7 Å². The highest BCUT2D eigenvalue weighted by atomic mass is 15.0. The molecule has 0 amide bonds. The maximum atomic E-state index is 5.72. The van der Waals surface area contributed by atoms with E-state index in [2.05, 4.69) is 17.1 Å². The predicted molar refractivity (Wildman–Crippen MR) is 52.5 cm³/mol. The average Bonchev–Trinajstić information content (AvgIpc) is 2.49. The lowest BCUT2D eigenvalue weighted by Gasteiger charge is -2.04. The van der Waals surface area contributed by atoms with E-state index in [4.69, 9.17) is 5.73 Å². The second-order valence-electron chi connectivity index (χ2n) is 3.41. The molecule has 0 saturated heterocycles. The molecule has 0 aliphatic rings. The van der Waals surface area contributed by atoms with Gasteiger partial charge < -0.3 is 10.1 Å². The first-order chi connectivity index (χ1) is 6.25. The van der Waals surface area contributed by atoms with Gasteiger partial charge in [-0.15, -0.1) is 0 Å². The molecule has 0 aliphatic heterocycles. The molecule has 3 heteroatoms. The fourth-order valence-electron chi connectivity index (χ4n) is 1.45. The minimum Gasteiger partial charge on any atom is -0.328 e. The van der Waals surface area contributed by atoms with E-state index in [1.165, 1.54) is 5.56 Å². The van der Waals surface area contributed by atoms with E-state index < -0.39 is 0 Å².